The van der Waals surface area contributed by atoms with Gasteiger partial charge in [-0.3, -0.25) is 4.79 Å². The van der Waals surface area contributed by atoms with Crippen LogP contribution in [-0.2, 0) is 9.53 Å². The number of benzene rings is 1. The molecule has 6 heteroatoms. The Morgan fingerprint density at radius 1 is 1.20 bits per heavy atom. The van der Waals surface area contributed by atoms with Crippen molar-refractivity contribution in [3.63, 3.8) is 0 Å². The van der Waals surface area contributed by atoms with Gasteiger partial charge in [-0.05, 0) is 50.4 Å². The summed E-state index contributed by atoms with van der Waals surface area (Å²) in [5.41, 5.74) is 0.544. The minimum Gasteiger partial charge on any atom is -0.497 e. The quantitative estimate of drug-likeness (QED) is 0.733. The van der Waals surface area contributed by atoms with Gasteiger partial charge in [-0.1, -0.05) is 12.1 Å². The van der Waals surface area contributed by atoms with Crippen molar-refractivity contribution < 1.29 is 23.0 Å². The summed E-state index contributed by atoms with van der Waals surface area (Å²) in [6, 6.07) is 7.54. The third-order valence-electron chi connectivity index (χ3n) is 5.55. The van der Waals surface area contributed by atoms with Crippen molar-refractivity contribution in [3.05, 3.63) is 29.8 Å². The summed E-state index contributed by atoms with van der Waals surface area (Å²) in [6.45, 7) is 0. The van der Waals surface area contributed by atoms with E-state index in [0.29, 0.717) is 23.4 Å². The Morgan fingerprint density at radius 2 is 1.80 bits per heavy atom. The third-order valence-corrected chi connectivity index (χ3v) is 5.55. The SMILES string of the molecule is COc1ccc(C(CC(F)F)C(=O)OC2CC3CCC(C2)N3C)cc1. The first kappa shape index (κ1) is 18.1. The number of carbonyl (C=O) groups is 1. The fourth-order valence-corrected chi connectivity index (χ4v) is 4.09. The number of halogens is 2. The first-order valence-electron chi connectivity index (χ1n) is 8.82. The number of hydrogen-bond donors (Lipinski definition) is 0. The number of methoxy groups -OCH3 is 1. The second-order valence-electron chi connectivity index (χ2n) is 7.03. The Morgan fingerprint density at radius 3 is 2.32 bits per heavy atom. The number of fused-ring (bicyclic) bond motifs is 2. The van der Waals surface area contributed by atoms with Gasteiger partial charge >= 0.3 is 5.97 Å². The molecule has 0 amide bonds. The van der Waals surface area contributed by atoms with Crippen LogP contribution in [0.25, 0.3) is 0 Å². The summed E-state index contributed by atoms with van der Waals surface area (Å²) in [6.07, 6.45) is 0.575. The summed E-state index contributed by atoms with van der Waals surface area (Å²) < 4.78 is 36.8. The topological polar surface area (TPSA) is 38.8 Å². The molecule has 4 nitrogen and oxygen atoms in total. The second kappa shape index (κ2) is 7.68. The Labute approximate surface area is 147 Å². The lowest BCUT2D eigenvalue weighted by molar-refractivity contribution is -0.155. The maximum absolute atomic E-state index is 13.0. The van der Waals surface area contributed by atoms with Crippen LogP contribution in [0.1, 0.15) is 43.6 Å². The van der Waals surface area contributed by atoms with Crippen LogP contribution in [0, 0.1) is 0 Å². The lowest BCUT2D eigenvalue weighted by Gasteiger charge is -2.36. The Kier molecular flexibility index (Phi) is 5.57. The lowest BCUT2D eigenvalue weighted by Crippen LogP contribution is -2.43. The van der Waals surface area contributed by atoms with Crippen LogP contribution in [0.3, 0.4) is 0 Å². The first-order valence-corrected chi connectivity index (χ1v) is 8.82. The van der Waals surface area contributed by atoms with Crippen LogP contribution in [0.15, 0.2) is 24.3 Å². The van der Waals surface area contributed by atoms with Crippen molar-refractivity contribution >= 4 is 5.97 Å². The molecule has 0 saturated carbocycles. The number of ether oxygens (including phenoxy) is 2. The van der Waals surface area contributed by atoms with Gasteiger partial charge in [0.15, 0.2) is 0 Å². The molecule has 2 fully saturated rings. The van der Waals surface area contributed by atoms with Crippen LogP contribution in [0.2, 0.25) is 0 Å². The number of nitrogens with zero attached hydrogens (tertiary/aromatic N) is 1. The average molecular weight is 353 g/mol. The summed E-state index contributed by atoms with van der Waals surface area (Å²) in [7, 11) is 3.64. The average Bonchev–Trinajstić information content (AvgIpc) is 2.81. The predicted molar refractivity (Wildman–Crippen MR) is 90.0 cm³/mol. The van der Waals surface area contributed by atoms with E-state index in [1.165, 1.54) is 7.11 Å². The Balaban J connectivity index is 1.69. The van der Waals surface area contributed by atoms with Gasteiger partial charge in [0.1, 0.15) is 11.9 Å². The molecule has 0 aliphatic carbocycles. The largest absolute Gasteiger partial charge is 0.497 e. The van der Waals surface area contributed by atoms with E-state index < -0.39 is 24.7 Å². The Bertz CT molecular complexity index is 579. The summed E-state index contributed by atoms with van der Waals surface area (Å²) in [5.74, 6) is -0.859. The summed E-state index contributed by atoms with van der Waals surface area (Å²) in [5, 5.41) is 0. The summed E-state index contributed by atoms with van der Waals surface area (Å²) >= 11 is 0. The zero-order chi connectivity index (χ0) is 18.0. The van der Waals surface area contributed by atoms with Gasteiger partial charge in [0, 0.05) is 18.5 Å². The van der Waals surface area contributed by atoms with Crippen LogP contribution < -0.4 is 4.74 Å². The van der Waals surface area contributed by atoms with Gasteiger partial charge in [-0.2, -0.15) is 0 Å². The van der Waals surface area contributed by atoms with Crippen LogP contribution in [0.5, 0.6) is 5.75 Å². The van der Waals surface area contributed by atoms with Gasteiger partial charge in [-0.15, -0.1) is 0 Å². The number of carbonyl (C=O) groups excluding carboxylic acids is 1. The van der Waals surface area contributed by atoms with E-state index in [1.54, 1.807) is 24.3 Å². The summed E-state index contributed by atoms with van der Waals surface area (Å²) in [4.78, 5) is 15.0. The van der Waals surface area contributed by atoms with Crippen LogP contribution in [-0.4, -0.2) is 49.6 Å². The molecule has 2 bridgehead atoms. The van der Waals surface area contributed by atoms with Gasteiger partial charge in [0.05, 0.1) is 13.0 Å². The number of esters is 1. The lowest BCUT2D eigenvalue weighted by atomic mass is 9.95. The zero-order valence-electron chi connectivity index (χ0n) is 14.7. The van der Waals surface area contributed by atoms with Gasteiger partial charge in [0.2, 0.25) is 6.43 Å². The second-order valence-corrected chi connectivity index (χ2v) is 7.03. The molecule has 3 unspecified atom stereocenters. The zero-order valence-corrected chi connectivity index (χ0v) is 14.7. The minimum atomic E-state index is -2.56. The normalized spacial score (nSPS) is 27.3. The smallest absolute Gasteiger partial charge is 0.313 e. The first-order chi connectivity index (χ1) is 12.0. The highest BCUT2D eigenvalue weighted by atomic mass is 19.3. The molecule has 3 atom stereocenters. The maximum atomic E-state index is 13.0. The Hall–Kier alpha value is -1.69. The molecule has 1 aromatic rings. The molecule has 2 aliphatic heterocycles. The molecule has 0 radical (unpaired) electrons. The minimum absolute atomic E-state index is 0.167. The van der Waals surface area contributed by atoms with E-state index in [-0.39, 0.29) is 6.10 Å². The van der Waals surface area contributed by atoms with E-state index in [2.05, 4.69) is 11.9 Å². The molecule has 0 spiro atoms. The van der Waals surface area contributed by atoms with Crippen molar-refractivity contribution in [3.8, 4) is 5.75 Å². The molecule has 0 N–H and O–H groups in total. The molecule has 1 aromatic carbocycles. The van der Waals surface area contributed by atoms with Gasteiger partial charge < -0.3 is 14.4 Å². The number of rotatable bonds is 6. The molecule has 2 aliphatic rings. The highest BCUT2D eigenvalue weighted by molar-refractivity contribution is 5.78. The molecule has 25 heavy (non-hydrogen) atoms. The van der Waals surface area contributed by atoms with Gasteiger partial charge in [-0.25, -0.2) is 8.78 Å². The van der Waals surface area contributed by atoms with Crippen LogP contribution in [0.4, 0.5) is 8.78 Å². The highest BCUT2D eigenvalue weighted by Crippen LogP contribution is 2.36. The molecule has 2 saturated heterocycles. The highest BCUT2D eigenvalue weighted by Gasteiger charge is 2.40. The van der Waals surface area contributed by atoms with E-state index >= 15 is 0 Å². The van der Waals surface area contributed by atoms with Gasteiger partial charge in [0.25, 0.3) is 0 Å². The van der Waals surface area contributed by atoms with Crippen molar-refractivity contribution in [2.75, 3.05) is 14.2 Å². The number of alkyl halides is 2. The van der Waals surface area contributed by atoms with E-state index in [0.717, 1.165) is 25.7 Å². The maximum Gasteiger partial charge on any atom is 0.313 e. The molecular weight excluding hydrogens is 328 g/mol. The van der Waals surface area contributed by atoms with Crippen molar-refractivity contribution in [2.24, 2.45) is 0 Å². The fourth-order valence-electron chi connectivity index (χ4n) is 4.09. The van der Waals surface area contributed by atoms with Crippen molar-refractivity contribution in [1.29, 1.82) is 0 Å². The number of hydrogen-bond acceptors (Lipinski definition) is 4. The monoisotopic (exact) mass is 353 g/mol. The van der Waals surface area contributed by atoms with Crippen LogP contribution >= 0.6 is 0 Å². The van der Waals surface area contributed by atoms with E-state index in [1.807, 2.05) is 0 Å². The molecule has 138 valence electrons. The fraction of sp³-hybridized carbons (Fsp3) is 0.632. The van der Waals surface area contributed by atoms with Crippen molar-refractivity contribution in [1.82, 2.24) is 4.90 Å². The molecule has 2 heterocycles. The molecular formula is C19H25F2NO3. The van der Waals surface area contributed by atoms with E-state index in [4.69, 9.17) is 9.47 Å². The number of piperidine rings is 1. The predicted octanol–water partition coefficient (Wildman–Crippen LogP) is 3.60. The van der Waals surface area contributed by atoms with Crippen molar-refractivity contribution in [2.45, 2.75) is 62.6 Å². The van der Waals surface area contributed by atoms with E-state index in [9.17, 15) is 13.6 Å². The molecule has 0 aromatic heterocycles. The molecule has 3 rings (SSSR count). The standard InChI is InChI=1S/C19H25F2NO3/c1-22-13-5-6-14(22)10-16(9-13)25-19(23)17(11-18(20)21)12-3-7-15(24-2)8-4-12/h3-4,7-8,13-14,16-18H,5-6,9-11H2,1-2H3. The third kappa shape index (κ3) is 4.11.